The molecule has 3 amide bonds. The number of urea groups is 1. The van der Waals surface area contributed by atoms with Gasteiger partial charge in [-0.3, -0.25) is 15.0 Å². The Morgan fingerprint density at radius 2 is 2.12 bits per heavy atom. The number of imide groups is 1. The van der Waals surface area contributed by atoms with E-state index in [0.717, 1.165) is 15.7 Å². The average molecular weight is 297 g/mol. The zero-order chi connectivity index (χ0) is 12.6. The van der Waals surface area contributed by atoms with Crippen molar-refractivity contribution in [1.82, 2.24) is 5.32 Å². The Hall–Kier alpha value is -1.36. The van der Waals surface area contributed by atoms with Gasteiger partial charge in [-0.2, -0.15) is 0 Å². The molecule has 1 N–H and O–H groups in total. The molecule has 0 aliphatic carbocycles. The van der Waals surface area contributed by atoms with E-state index in [2.05, 4.69) is 21.2 Å². The summed E-state index contributed by atoms with van der Waals surface area (Å²) in [4.78, 5) is 24.7. The fourth-order valence-corrected chi connectivity index (χ4v) is 2.23. The van der Waals surface area contributed by atoms with E-state index in [1.807, 2.05) is 25.1 Å². The molecule has 17 heavy (non-hydrogen) atoms. The Bertz CT molecular complexity index is 487. The molecule has 1 fully saturated rings. The number of aryl methyl sites for hydroxylation is 1. The van der Waals surface area contributed by atoms with Crippen LogP contribution in [0.4, 0.5) is 10.5 Å². The molecule has 0 aromatic heterocycles. The number of benzene rings is 1. The lowest BCUT2D eigenvalue weighted by molar-refractivity contribution is -0.123. The molecular weight excluding hydrogens is 284 g/mol. The Kier molecular flexibility index (Phi) is 3.19. The predicted octanol–water partition coefficient (Wildman–Crippen LogP) is 2.45. The van der Waals surface area contributed by atoms with Crippen LogP contribution in [0.1, 0.15) is 12.5 Å². The van der Waals surface area contributed by atoms with Crippen molar-refractivity contribution in [2.45, 2.75) is 13.8 Å². The number of halogens is 1. The number of hydrogen-bond acceptors (Lipinski definition) is 2. The van der Waals surface area contributed by atoms with E-state index in [-0.39, 0.29) is 17.9 Å². The molecule has 0 bridgehead atoms. The first-order chi connectivity index (χ1) is 7.99. The number of rotatable bonds is 1. The van der Waals surface area contributed by atoms with Gasteiger partial charge in [0.15, 0.2) is 0 Å². The number of hydrogen-bond donors (Lipinski definition) is 1. The molecule has 1 atom stereocenters. The maximum atomic E-state index is 11.8. The first-order valence-corrected chi connectivity index (χ1v) is 6.17. The molecule has 1 unspecified atom stereocenters. The highest BCUT2D eigenvalue weighted by molar-refractivity contribution is 9.10. The van der Waals surface area contributed by atoms with Crippen LogP contribution in [-0.2, 0) is 4.79 Å². The van der Waals surface area contributed by atoms with Gasteiger partial charge in [0.1, 0.15) is 0 Å². The van der Waals surface area contributed by atoms with Crippen LogP contribution in [0.2, 0.25) is 0 Å². The van der Waals surface area contributed by atoms with Gasteiger partial charge in [0.2, 0.25) is 5.91 Å². The Morgan fingerprint density at radius 1 is 1.41 bits per heavy atom. The van der Waals surface area contributed by atoms with E-state index in [0.29, 0.717) is 6.54 Å². The monoisotopic (exact) mass is 296 g/mol. The minimum Gasteiger partial charge on any atom is -0.292 e. The summed E-state index contributed by atoms with van der Waals surface area (Å²) in [5, 5.41) is 2.35. The first-order valence-electron chi connectivity index (χ1n) is 5.37. The fourth-order valence-electron chi connectivity index (χ4n) is 1.77. The zero-order valence-corrected chi connectivity index (χ0v) is 11.2. The van der Waals surface area contributed by atoms with E-state index in [1.165, 1.54) is 0 Å². The number of nitrogens with zero attached hydrogens (tertiary/aromatic N) is 1. The van der Waals surface area contributed by atoms with Crippen molar-refractivity contribution in [3.63, 3.8) is 0 Å². The second kappa shape index (κ2) is 4.49. The molecule has 1 aromatic rings. The summed E-state index contributed by atoms with van der Waals surface area (Å²) in [6, 6.07) is 5.43. The van der Waals surface area contributed by atoms with Crippen LogP contribution in [-0.4, -0.2) is 18.5 Å². The van der Waals surface area contributed by atoms with Crippen LogP contribution in [0, 0.1) is 12.8 Å². The number of carbonyl (C=O) groups excluding carboxylic acids is 2. The lowest BCUT2D eigenvalue weighted by Crippen LogP contribution is -2.54. The molecule has 90 valence electrons. The van der Waals surface area contributed by atoms with Crippen molar-refractivity contribution >= 4 is 33.6 Å². The van der Waals surface area contributed by atoms with Gasteiger partial charge in [-0.05, 0) is 40.5 Å². The summed E-state index contributed by atoms with van der Waals surface area (Å²) in [6.45, 7) is 4.18. The van der Waals surface area contributed by atoms with Crippen LogP contribution in [0.3, 0.4) is 0 Å². The number of carbonyl (C=O) groups is 2. The highest BCUT2D eigenvalue weighted by Crippen LogP contribution is 2.29. The number of amides is 3. The van der Waals surface area contributed by atoms with E-state index in [9.17, 15) is 9.59 Å². The lowest BCUT2D eigenvalue weighted by Gasteiger charge is -2.31. The van der Waals surface area contributed by atoms with E-state index in [4.69, 9.17) is 0 Å². The van der Waals surface area contributed by atoms with Gasteiger partial charge in [0.25, 0.3) is 0 Å². The van der Waals surface area contributed by atoms with Gasteiger partial charge >= 0.3 is 6.03 Å². The van der Waals surface area contributed by atoms with Gasteiger partial charge in [-0.25, -0.2) is 4.79 Å². The topological polar surface area (TPSA) is 49.4 Å². The van der Waals surface area contributed by atoms with Crippen molar-refractivity contribution < 1.29 is 9.59 Å². The summed E-state index contributed by atoms with van der Waals surface area (Å²) in [5.74, 6) is -0.407. The van der Waals surface area contributed by atoms with Gasteiger partial charge in [0.05, 0.1) is 11.6 Å². The molecular formula is C12H13BrN2O2. The van der Waals surface area contributed by atoms with Crippen molar-refractivity contribution in [2.24, 2.45) is 5.92 Å². The van der Waals surface area contributed by atoms with Crippen molar-refractivity contribution in [3.8, 4) is 0 Å². The van der Waals surface area contributed by atoms with Crippen LogP contribution in [0.15, 0.2) is 22.7 Å². The van der Waals surface area contributed by atoms with Crippen molar-refractivity contribution in [2.75, 3.05) is 11.4 Å². The van der Waals surface area contributed by atoms with Gasteiger partial charge < -0.3 is 0 Å². The molecule has 1 saturated heterocycles. The SMILES string of the molecule is Cc1ccc(Br)c(N2CC(C)C(=O)NC2=O)c1. The third kappa shape index (κ3) is 2.34. The van der Waals surface area contributed by atoms with Crippen LogP contribution in [0.25, 0.3) is 0 Å². The standard InChI is InChI=1S/C12H13BrN2O2/c1-7-3-4-9(13)10(5-7)15-6-8(2)11(16)14-12(15)17/h3-5,8H,6H2,1-2H3,(H,14,16,17). The van der Waals surface area contributed by atoms with Gasteiger partial charge in [0, 0.05) is 11.0 Å². The van der Waals surface area contributed by atoms with Crippen molar-refractivity contribution in [3.05, 3.63) is 28.2 Å². The fraction of sp³-hybridized carbons (Fsp3) is 0.333. The number of anilines is 1. The Labute approximate surface area is 108 Å². The third-order valence-electron chi connectivity index (χ3n) is 2.77. The summed E-state index contributed by atoms with van der Waals surface area (Å²) in [7, 11) is 0. The van der Waals surface area contributed by atoms with Crippen molar-refractivity contribution in [1.29, 1.82) is 0 Å². The molecule has 1 aliphatic heterocycles. The summed E-state index contributed by atoms with van der Waals surface area (Å²) in [6.07, 6.45) is 0. The molecule has 5 heteroatoms. The zero-order valence-electron chi connectivity index (χ0n) is 9.66. The molecule has 1 aliphatic rings. The van der Waals surface area contributed by atoms with Crippen LogP contribution >= 0.6 is 15.9 Å². The molecule has 0 radical (unpaired) electrons. The molecule has 0 saturated carbocycles. The van der Waals surface area contributed by atoms with Gasteiger partial charge in [-0.1, -0.05) is 13.0 Å². The highest BCUT2D eigenvalue weighted by atomic mass is 79.9. The second-order valence-electron chi connectivity index (χ2n) is 4.26. The Morgan fingerprint density at radius 3 is 2.82 bits per heavy atom. The average Bonchev–Trinajstić information content (AvgIpc) is 2.27. The molecule has 2 rings (SSSR count). The lowest BCUT2D eigenvalue weighted by atomic mass is 10.1. The highest BCUT2D eigenvalue weighted by Gasteiger charge is 2.30. The smallest absolute Gasteiger partial charge is 0.292 e. The minimum atomic E-state index is -0.362. The molecule has 0 spiro atoms. The van der Waals surface area contributed by atoms with Gasteiger partial charge in [-0.15, -0.1) is 0 Å². The third-order valence-corrected chi connectivity index (χ3v) is 3.44. The minimum absolute atomic E-state index is 0.194. The maximum absolute atomic E-state index is 11.8. The van der Waals surface area contributed by atoms with Crippen LogP contribution < -0.4 is 10.2 Å². The second-order valence-corrected chi connectivity index (χ2v) is 5.12. The van der Waals surface area contributed by atoms with E-state index >= 15 is 0 Å². The molecule has 4 nitrogen and oxygen atoms in total. The number of nitrogens with one attached hydrogen (secondary N) is 1. The summed E-state index contributed by atoms with van der Waals surface area (Å²) < 4.78 is 0.847. The molecule has 1 heterocycles. The summed E-state index contributed by atoms with van der Waals surface area (Å²) >= 11 is 3.42. The largest absolute Gasteiger partial charge is 0.328 e. The summed E-state index contributed by atoms with van der Waals surface area (Å²) in [5.41, 5.74) is 1.86. The maximum Gasteiger partial charge on any atom is 0.328 e. The van der Waals surface area contributed by atoms with E-state index in [1.54, 1.807) is 11.8 Å². The van der Waals surface area contributed by atoms with Crippen LogP contribution in [0.5, 0.6) is 0 Å². The first kappa shape index (κ1) is 12.1. The quantitative estimate of drug-likeness (QED) is 0.865. The molecule has 1 aromatic carbocycles. The van der Waals surface area contributed by atoms with E-state index < -0.39 is 0 Å². The normalized spacial score (nSPS) is 20.4. The Balaban J connectivity index is 2.36. The predicted molar refractivity (Wildman–Crippen MR) is 68.9 cm³/mol.